The molecule has 1 aromatic heterocycles. The Labute approximate surface area is 185 Å². The van der Waals surface area contributed by atoms with Crippen molar-refractivity contribution in [2.45, 2.75) is 0 Å². The molecule has 0 saturated carbocycles. The summed E-state index contributed by atoms with van der Waals surface area (Å²) < 4.78 is 0. The maximum absolute atomic E-state index is 12.9. The van der Waals surface area contributed by atoms with Crippen LogP contribution in [0.25, 0.3) is 10.9 Å². The summed E-state index contributed by atoms with van der Waals surface area (Å²) in [7, 11) is 3.71. The SMILES string of the molecule is CN(C)N=Cc1ccc(C(=O)N2CCN(C(=O)c3cc4cc(Cl)ccc4[nH]3)CC2)cc1. The van der Waals surface area contributed by atoms with Crippen LogP contribution >= 0.6 is 11.6 Å². The molecule has 2 heterocycles. The molecule has 31 heavy (non-hydrogen) atoms. The number of aromatic nitrogens is 1. The minimum absolute atomic E-state index is 0.0246. The van der Waals surface area contributed by atoms with Gasteiger partial charge in [-0.05, 0) is 42.0 Å². The molecule has 2 aromatic carbocycles. The lowest BCUT2D eigenvalue weighted by molar-refractivity contribution is 0.0533. The highest BCUT2D eigenvalue weighted by atomic mass is 35.5. The first kappa shape index (κ1) is 20.9. The normalized spacial score (nSPS) is 14.4. The summed E-state index contributed by atoms with van der Waals surface area (Å²) in [5, 5.41) is 7.45. The van der Waals surface area contributed by atoms with Crippen molar-refractivity contribution in [3.63, 3.8) is 0 Å². The number of amides is 2. The number of carbonyl (C=O) groups excluding carboxylic acids is 2. The van der Waals surface area contributed by atoms with E-state index in [1.807, 2.05) is 56.6 Å². The Morgan fingerprint density at radius 3 is 2.26 bits per heavy atom. The molecule has 0 atom stereocenters. The van der Waals surface area contributed by atoms with Gasteiger partial charge in [-0.15, -0.1) is 0 Å². The minimum Gasteiger partial charge on any atom is -0.351 e. The first-order chi connectivity index (χ1) is 14.9. The van der Waals surface area contributed by atoms with Crippen molar-refractivity contribution >= 4 is 40.5 Å². The largest absolute Gasteiger partial charge is 0.351 e. The van der Waals surface area contributed by atoms with E-state index in [-0.39, 0.29) is 11.8 Å². The molecule has 1 aliphatic heterocycles. The number of nitrogens with one attached hydrogen (secondary N) is 1. The quantitative estimate of drug-likeness (QED) is 0.502. The van der Waals surface area contributed by atoms with Gasteiger partial charge in [0.2, 0.25) is 0 Å². The third-order valence-corrected chi connectivity index (χ3v) is 5.50. The number of hydrogen-bond acceptors (Lipinski definition) is 4. The van der Waals surface area contributed by atoms with Crippen LogP contribution in [0, 0.1) is 0 Å². The molecule has 0 radical (unpaired) electrons. The second-order valence-corrected chi connectivity index (χ2v) is 8.15. The highest BCUT2D eigenvalue weighted by molar-refractivity contribution is 6.31. The summed E-state index contributed by atoms with van der Waals surface area (Å²) in [6.07, 6.45) is 1.75. The Balaban J connectivity index is 1.37. The van der Waals surface area contributed by atoms with Crippen LogP contribution in [0.15, 0.2) is 53.6 Å². The fraction of sp³-hybridized carbons (Fsp3) is 0.261. The molecule has 1 aliphatic rings. The van der Waals surface area contributed by atoms with Gasteiger partial charge in [0.1, 0.15) is 5.69 Å². The Hall–Kier alpha value is -3.32. The van der Waals surface area contributed by atoms with Crippen molar-refractivity contribution in [3.05, 3.63) is 70.4 Å². The van der Waals surface area contributed by atoms with E-state index in [0.29, 0.717) is 42.5 Å². The highest BCUT2D eigenvalue weighted by Crippen LogP contribution is 2.21. The first-order valence-corrected chi connectivity index (χ1v) is 10.5. The maximum atomic E-state index is 12.9. The number of benzene rings is 2. The van der Waals surface area contributed by atoms with Gasteiger partial charge in [0.05, 0.1) is 6.21 Å². The van der Waals surface area contributed by atoms with E-state index in [4.69, 9.17) is 11.6 Å². The van der Waals surface area contributed by atoms with Crippen LogP contribution in [0.1, 0.15) is 26.4 Å². The number of rotatable bonds is 4. The summed E-state index contributed by atoms with van der Waals surface area (Å²) >= 11 is 6.03. The molecule has 8 heteroatoms. The van der Waals surface area contributed by atoms with Crippen LogP contribution in [0.3, 0.4) is 0 Å². The summed E-state index contributed by atoms with van der Waals surface area (Å²) in [6, 6.07) is 14.7. The lowest BCUT2D eigenvalue weighted by atomic mass is 10.1. The molecular weight excluding hydrogens is 414 g/mol. The number of hydrazone groups is 1. The maximum Gasteiger partial charge on any atom is 0.270 e. The van der Waals surface area contributed by atoms with Crippen LogP contribution in [0.5, 0.6) is 0 Å². The van der Waals surface area contributed by atoms with Gasteiger partial charge in [-0.2, -0.15) is 5.10 Å². The zero-order valence-electron chi connectivity index (χ0n) is 17.5. The van der Waals surface area contributed by atoms with Crippen molar-refractivity contribution in [1.29, 1.82) is 0 Å². The highest BCUT2D eigenvalue weighted by Gasteiger charge is 2.26. The number of nitrogens with zero attached hydrogens (tertiary/aromatic N) is 4. The van der Waals surface area contributed by atoms with Crippen molar-refractivity contribution in [1.82, 2.24) is 19.8 Å². The molecule has 0 aliphatic carbocycles. The van der Waals surface area contributed by atoms with E-state index < -0.39 is 0 Å². The van der Waals surface area contributed by atoms with Gasteiger partial charge >= 0.3 is 0 Å². The number of carbonyl (C=O) groups is 2. The van der Waals surface area contributed by atoms with Crippen LogP contribution in [-0.4, -0.2) is 78.1 Å². The molecule has 0 bridgehead atoms. The van der Waals surface area contributed by atoms with Gasteiger partial charge in [-0.25, -0.2) is 0 Å². The van der Waals surface area contributed by atoms with E-state index in [9.17, 15) is 9.59 Å². The first-order valence-electron chi connectivity index (χ1n) is 10.1. The van der Waals surface area contributed by atoms with Crippen LogP contribution < -0.4 is 0 Å². The average molecular weight is 438 g/mol. The summed E-state index contributed by atoms with van der Waals surface area (Å²) in [5.74, 6) is -0.0904. The standard InChI is InChI=1S/C23H24ClN5O2/c1-27(2)25-15-16-3-5-17(6-4-16)22(30)28-9-11-29(12-10-28)23(31)21-14-18-13-19(24)7-8-20(18)26-21/h3-8,13-15,26H,9-12H2,1-2H3. The van der Waals surface area contributed by atoms with E-state index in [0.717, 1.165) is 16.5 Å². The van der Waals surface area contributed by atoms with E-state index >= 15 is 0 Å². The summed E-state index contributed by atoms with van der Waals surface area (Å²) in [5.41, 5.74) is 2.97. The second kappa shape index (κ2) is 8.81. The molecule has 1 fully saturated rings. The molecule has 0 unspecified atom stereocenters. The number of hydrogen-bond donors (Lipinski definition) is 1. The number of aromatic amines is 1. The van der Waals surface area contributed by atoms with Crippen molar-refractivity contribution < 1.29 is 9.59 Å². The van der Waals surface area contributed by atoms with Crippen molar-refractivity contribution in [2.24, 2.45) is 5.10 Å². The molecule has 160 valence electrons. The molecule has 1 N–H and O–H groups in total. The molecule has 7 nitrogen and oxygen atoms in total. The fourth-order valence-corrected chi connectivity index (χ4v) is 3.76. The topological polar surface area (TPSA) is 72.0 Å². The van der Waals surface area contributed by atoms with Gasteiger partial charge in [-0.3, -0.25) is 9.59 Å². The van der Waals surface area contributed by atoms with Crippen molar-refractivity contribution in [3.8, 4) is 0 Å². The molecular formula is C23H24ClN5O2. The second-order valence-electron chi connectivity index (χ2n) is 7.71. The zero-order chi connectivity index (χ0) is 22.0. The lowest BCUT2D eigenvalue weighted by Crippen LogP contribution is -2.50. The van der Waals surface area contributed by atoms with Crippen LogP contribution in [0.4, 0.5) is 0 Å². The van der Waals surface area contributed by atoms with E-state index in [1.54, 1.807) is 27.1 Å². The molecule has 1 saturated heterocycles. The van der Waals surface area contributed by atoms with E-state index in [1.165, 1.54) is 0 Å². The molecule has 3 aromatic rings. The number of halogens is 1. The monoisotopic (exact) mass is 437 g/mol. The predicted octanol–water partition coefficient (Wildman–Crippen LogP) is 3.32. The van der Waals surface area contributed by atoms with Gasteiger partial charge < -0.3 is 19.8 Å². The summed E-state index contributed by atoms with van der Waals surface area (Å²) in [6.45, 7) is 1.99. The minimum atomic E-state index is -0.0658. The molecule has 4 rings (SSSR count). The van der Waals surface area contributed by atoms with Gasteiger partial charge in [0.15, 0.2) is 0 Å². The van der Waals surface area contributed by atoms with Gasteiger partial charge in [0, 0.05) is 61.8 Å². The Bertz CT molecular complexity index is 1130. The Morgan fingerprint density at radius 2 is 1.61 bits per heavy atom. The smallest absolute Gasteiger partial charge is 0.270 e. The van der Waals surface area contributed by atoms with Crippen LogP contribution in [0.2, 0.25) is 5.02 Å². The number of piperazine rings is 1. The molecule has 0 spiro atoms. The predicted molar refractivity (Wildman–Crippen MR) is 123 cm³/mol. The third-order valence-electron chi connectivity index (χ3n) is 5.26. The fourth-order valence-electron chi connectivity index (χ4n) is 3.58. The number of H-pyrrole nitrogens is 1. The van der Waals surface area contributed by atoms with Gasteiger partial charge in [-0.1, -0.05) is 23.7 Å². The number of fused-ring (bicyclic) bond motifs is 1. The van der Waals surface area contributed by atoms with Crippen LogP contribution in [-0.2, 0) is 0 Å². The van der Waals surface area contributed by atoms with Gasteiger partial charge in [0.25, 0.3) is 11.8 Å². The van der Waals surface area contributed by atoms with Crippen molar-refractivity contribution in [2.75, 3.05) is 40.3 Å². The molecule has 2 amide bonds. The van der Waals surface area contributed by atoms with E-state index in [2.05, 4.69) is 10.1 Å². The third kappa shape index (κ3) is 4.72. The summed E-state index contributed by atoms with van der Waals surface area (Å²) in [4.78, 5) is 32.4. The zero-order valence-corrected chi connectivity index (χ0v) is 18.3. The Kier molecular flexibility index (Phi) is 5.95. The Morgan fingerprint density at radius 1 is 0.968 bits per heavy atom. The average Bonchev–Trinajstić information content (AvgIpc) is 3.20. The lowest BCUT2D eigenvalue weighted by Gasteiger charge is -2.34.